The molecule has 0 aliphatic heterocycles. The SMILES string of the molecule is O=C(CNC(=O)Nc1cc(Br)cc(C(=O)O)c1)NC1CC1. The summed E-state index contributed by atoms with van der Waals surface area (Å²) in [6, 6.07) is 3.99. The lowest BCUT2D eigenvalue weighted by atomic mass is 10.2. The standard InChI is InChI=1S/C13H14BrN3O4/c14-8-3-7(12(19)20)4-10(5-8)17-13(21)15-6-11(18)16-9-1-2-9/h3-5,9H,1-2,6H2,(H,16,18)(H,19,20)(H2,15,17,21). The molecule has 0 saturated heterocycles. The van der Waals surface area contributed by atoms with Crippen molar-refractivity contribution >= 4 is 39.5 Å². The van der Waals surface area contributed by atoms with Crippen molar-refractivity contribution in [3.63, 3.8) is 0 Å². The Morgan fingerprint density at radius 2 is 1.95 bits per heavy atom. The second kappa shape index (κ2) is 6.57. The summed E-state index contributed by atoms with van der Waals surface area (Å²) >= 11 is 3.17. The molecule has 0 spiro atoms. The number of carbonyl (C=O) groups is 3. The Morgan fingerprint density at radius 3 is 2.57 bits per heavy atom. The lowest BCUT2D eigenvalue weighted by Crippen LogP contribution is -2.39. The summed E-state index contributed by atoms with van der Waals surface area (Å²) in [6.07, 6.45) is 1.96. The molecule has 0 heterocycles. The average molecular weight is 356 g/mol. The molecule has 1 aromatic rings. The second-order valence-corrected chi connectivity index (χ2v) is 5.60. The summed E-state index contributed by atoms with van der Waals surface area (Å²) in [6.45, 7) is -0.123. The average Bonchev–Trinajstić information content (AvgIpc) is 3.19. The van der Waals surface area contributed by atoms with Crippen molar-refractivity contribution in [2.45, 2.75) is 18.9 Å². The topological polar surface area (TPSA) is 108 Å². The molecular formula is C13H14BrN3O4. The van der Waals surface area contributed by atoms with Crippen LogP contribution in [0.2, 0.25) is 0 Å². The van der Waals surface area contributed by atoms with Crippen LogP contribution in [0.4, 0.5) is 10.5 Å². The molecule has 0 unspecified atom stereocenters. The number of amides is 3. The number of anilines is 1. The lowest BCUT2D eigenvalue weighted by molar-refractivity contribution is -0.120. The van der Waals surface area contributed by atoms with Gasteiger partial charge in [-0.1, -0.05) is 15.9 Å². The first-order chi connectivity index (χ1) is 9.94. The number of hydrogen-bond acceptors (Lipinski definition) is 3. The van der Waals surface area contributed by atoms with Gasteiger partial charge >= 0.3 is 12.0 Å². The van der Waals surface area contributed by atoms with Gasteiger partial charge in [0.2, 0.25) is 5.91 Å². The number of nitrogens with one attached hydrogen (secondary N) is 3. The maximum absolute atomic E-state index is 11.6. The molecule has 7 nitrogen and oxygen atoms in total. The Balaban J connectivity index is 1.86. The van der Waals surface area contributed by atoms with Crippen LogP contribution in [0.15, 0.2) is 22.7 Å². The quantitative estimate of drug-likeness (QED) is 0.642. The van der Waals surface area contributed by atoms with Gasteiger partial charge in [0.25, 0.3) is 0 Å². The van der Waals surface area contributed by atoms with Crippen molar-refractivity contribution in [3.8, 4) is 0 Å². The summed E-state index contributed by atoms with van der Waals surface area (Å²) in [5, 5.41) is 16.6. The summed E-state index contributed by atoms with van der Waals surface area (Å²) < 4.78 is 0.532. The van der Waals surface area contributed by atoms with Gasteiger partial charge in [0, 0.05) is 16.2 Å². The van der Waals surface area contributed by atoms with E-state index >= 15 is 0 Å². The highest BCUT2D eigenvalue weighted by Gasteiger charge is 2.23. The largest absolute Gasteiger partial charge is 0.478 e. The predicted molar refractivity (Wildman–Crippen MR) is 79.3 cm³/mol. The van der Waals surface area contributed by atoms with E-state index in [9.17, 15) is 14.4 Å². The Labute approximate surface area is 129 Å². The van der Waals surface area contributed by atoms with Gasteiger partial charge in [-0.05, 0) is 31.0 Å². The molecule has 112 valence electrons. The molecule has 3 amide bonds. The zero-order valence-electron chi connectivity index (χ0n) is 11.0. The molecule has 1 aliphatic carbocycles. The van der Waals surface area contributed by atoms with Gasteiger partial charge in [-0.2, -0.15) is 0 Å². The summed E-state index contributed by atoms with van der Waals surface area (Å²) in [4.78, 5) is 34.0. The van der Waals surface area contributed by atoms with Crippen molar-refractivity contribution in [2.75, 3.05) is 11.9 Å². The zero-order valence-corrected chi connectivity index (χ0v) is 12.6. The third-order valence-electron chi connectivity index (χ3n) is 2.75. The van der Waals surface area contributed by atoms with Crippen LogP contribution < -0.4 is 16.0 Å². The zero-order chi connectivity index (χ0) is 15.4. The van der Waals surface area contributed by atoms with Crippen molar-refractivity contribution in [3.05, 3.63) is 28.2 Å². The minimum absolute atomic E-state index is 0.0474. The number of rotatable bonds is 5. The molecule has 1 aromatic carbocycles. The van der Waals surface area contributed by atoms with Gasteiger partial charge < -0.3 is 21.1 Å². The highest BCUT2D eigenvalue weighted by Crippen LogP contribution is 2.20. The predicted octanol–water partition coefficient (Wildman–Crippen LogP) is 1.55. The number of hydrogen-bond donors (Lipinski definition) is 4. The number of urea groups is 1. The molecule has 8 heteroatoms. The van der Waals surface area contributed by atoms with Crippen LogP contribution in [-0.2, 0) is 4.79 Å². The van der Waals surface area contributed by atoms with Crippen LogP contribution in [0.3, 0.4) is 0 Å². The normalized spacial score (nSPS) is 13.4. The van der Waals surface area contributed by atoms with Crippen molar-refractivity contribution in [1.29, 1.82) is 0 Å². The minimum atomic E-state index is -1.09. The molecule has 1 aliphatic rings. The van der Waals surface area contributed by atoms with E-state index in [2.05, 4.69) is 31.9 Å². The summed E-state index contributed by atoms with van der Waals surface area (Å²) in [5.41, 5.74) is 0.369. The lowest BCUT2D eigenvalue weighted by Gasteiger charge is -2.09. The third-order valence-corrected chi connectivity index (χ3v) is 3.21. The number of benzene rings is 1. The molecule has 0 radical (unpaired) electrons. The van der Waals surface area contributed by atoms with Gasteiger partial charge in [-0.15, -0.1) is 0 Å². The van der Waals surface area contributed by atoms with Crippen LogP contribution >= 0.6 is 15.9 Å². The number of halogens is 1. The number of carboxylic acids is 1. The molecule has 0 bridgehead atoms. The highest BCUT2D eigenvalue weighted by atomic mass is 79.9. The van der Waals surface area contributed by atoms with Crippen LogP contribution in [0.25, 0.3) is 0 Å². The monoisotopic (exact) mass is 355 g/mol. The molecule has 2 rings (SSSR count). The Morgan fingerprint density at radius 1 is 1.24 bits per heavy atom. The molecule has 0 atom stereocenters. The maximum atomic E-state index is 11.6. The van der Waals surface area contributed by atoms with E-state index in [1.807, 2.05) is 0 Å². The molecular weight excluding hydrogens is 342 g/mol. The Bertz CT molecular complexity index is 587. The number of carbonyl (C=O) groups excluding carboxylic acids is 2. The Kier molecular flexibility index (Phi) is 4.79. The van der Waals surface area contributed by atoms with Gasteiger partial charge in [0.15, 0.2) is 0 Å². The molecule has 21 heavy (non-hydrogen) atoms. The van der Waals surface area contributed by atoms with Gasteiger partial charge in [0.1, 0.15) is 0 Å². The molecule has 1 saturated carbocycles. The molecule has 1 fully saturated rings. The number of aromatic carboxylic acids is 1. The first-order valence-corrected chi connectivity index (χ1v) is 7.11. The van der Waals surface area contributed by atoms with E-state index in [4.69, 9.17) is 5.11 Å². The van der Waals surface area contributed by atoms with Crippen LogP contribution in [0, 0.1) is 0 Å². The first-order valence-electron chi connectivity index (χ1n) is 6.32. The van der Waals surface area contributed by atoms with Crippen LogP contribution in [0.1, 0.15) is 23.2 Å². The number of carboxylic acid groups (broad SMARTS) is 1. The van der Waals surface area contributed by atoms with Crippen LogP contribution in [-0.4, -0.2) is 35.6 Å². The fourth-order valence-corrected chi connectivity index (χ4v) is 2.12. The van der Waals surface area contributed by atoms with E-state index < -0.39 is 12.0 Å². The van der Waals surface area contributed by atoms with Crippen molar-refractivity contribution in [2.24, 2.45) is 0 Å². The molecule has 0 aromatic heterocycles. The van der Waals surface area contributed by atoms with Crippen LogP contribution in [0.5, 0.6) is 0 Å². The fraction of sp³-hybridized carbons (Fsp3) is 0.308. The highest BCUT2D eigenvalue weighted by molar-refractivity contribution is 9.10. The van der Waals surface area contributed by atoms with Crippen molar-refractivity contribution < 1.29 is 19.5 Å². The van der Waals surface area contributed by atoms with E-state index in [1.165, 1.54) is 12.1 Å². The first kappa shape index (κ1) is 15.3. The van der Waals surface area contributed by atoms with Gasteiger partial charge in [0.05, 0.1) is 12.1 Å². The minimum Gasteiger partial charge on any atom is -0.478 e. The van der Waals surface area contributed by atoms with E-state index in [0.717, 1.165) is 12.8 Å². The fourth-order valence-electron chi connectivity index (χ4n) is 1.63. The van der Waals surface area contributed by atoms with E-state index in [-0.39, 0.29) is 24.1 Å². The van der Waals surface area contributed by atoms with Gasteiger partial charge in [-0.25, -0.2) is 9.59 Å². The third kappa shape index (κ3) is 5.07. The van der Waals surface area contributed by atoms with E-state index in [1.54, 1.807) is 6.07 Å². The maximum Gasteiger partial charge on any atom is 0.335 e. The van der Waals surface area contributed by atoms with Crippen molar-refractivity contribution in [1.82, 2.24) is 10.6 Å². The molecule has 4 N–H and O–H groups in total. The Hall–Kier alpha value is -2.09. The second-order valence-electron chi connectivity index (χ2n) is 4.68. The summed E-state index contributed by atoms with van der Waals surface area (Å²) in [5.74, 6) is -1.34. The smallest absolute Gasteiger partial charge is 0.335 e. The van der Waals surface area contributed by atoms with E-state index in [0.29, 0.717) is 10.2 Å². The summed E-state index contributed by atoms with van der Waals surface area (Å²) in [7, 11) is 0. The van der Waals surface area contributed by atoms with Gasteiger partial charge in [-0.3, -0.25) is 4.79 Å².